The summed E-state index contributed by atoms with van der Waals surface area (Å²) in [6.45, 7) is 4.89. The summed E-state index contributed by atoms with van der Waals surface area (Å²) in [5.74, 6) is 1.29. The van der Waals surface area contributed by atoms with Crippen molar-refractivity contribution >= 4 is 11.6 Å². The van der Waals surface area contributed by atoms with E-state index in [9.17, 15) is 4.79 Å². The summed E-state index contributed by atoms with van der Waals surface area (Å²) >= 11 is 0. The van der Waals surface area contributed by atoms with E-state index in [1.54, 1.807) is 18.1 Å². The van der Waals surface area contributed by atoms with Gasteiger partial charge in [-0.25, -0.2) is 0 Å². The number of carbonyl (C=O) groups is 1. The maximum absolute atomic E-state index is 13.2. The first kappa shape index (κ1) is 20.4. The number of H-pyrrole nitrogens is 1. The van der Waals surface area contributed by atoms with E-state index in [1.165, 1.54) is 5.69 Å². The van der Waals surface area contributed by atoms with Crippen molar-refractivity contribution in [3.05, 3.63) is 59.8 Å². The molecule has 166 valence electrons. The summed E-state index contributed by atoms with van der Waals surface area (Å²) in [6.07, 6.45) is 1.58. The van der Waals surface area contributed by atoms with Crippen LogP contribution < -0.4 is 14.4 Å². The standard InChI is InChI=1S/C24H26N4O4/c1-27(16-17-2-5-19(6-3-17)28-8-10-30-11-9-28)24(29)20-15-25-26-23(20)18-4-7-21-22(14-18)32-13-12-31-21/h2-7,14-15H,8-13,16H2,1H3,(H,25,26). The lowest BCUT2D eigenvalue weighted by Crippen LogP contribution is -2.36. The number of hydrogen-bond donors (Lipinski definition) is 1. The minimum absolute atomic E-state index is 0.0964. The average molecular weight is 434 g/mol. The smallest absolute Gasteiger partial charge is 0.257 e. The average Bonchev–Trinajstić information content (AvgIpc) is 3.34. The van der Waals surface area contributed by atoms with Crippen LogP contribution >= 0.6 is 0 Å². The highest BCUT2D eigenvalue weighted by Crippen LogP contribution is 2.35. The van der Waals surface area contributed by atoms with E-state index in [0.717, 1.165) is 37.4 Å². The Bertz CT molecular complexity index is 1090. The Morgan fingerprint density at radius 3 is 2.56 bits per heavy atom. The number of aromatic nitrogens is 2. The molecular formula is C24H26N4O4. The minimum atomic E-state index is -0.0964. The van der Waals surface area contributed by atoms with Crippen LogP contribution in [0.2, 0.25) is 0 Å². The molecule has 0 unspecified atom stereocenters. The first-order valence-electron chi connectivity index (χ1n) is 10.8. The zero-order chi connectivity index (χ0) is 21.9. The number of aromatic amines is 1. The molecule has 5 rings (SSSR count). The fraction of sp³-hybridized carbons (Fsp3) is 0.333. The van der Waals surface area contributed by atoms with Gasteiger partial charge in [-0.2, -0.15) is 5.10 Å². The zero-order valence-corrected chi connectivity index (χ0v) is 18.0. The topological polar surface area (TPSA) is 79.9 Å². The van der Waals surface area contributed by atoms with Gasteiger partial charge in [0.05, 0.1) is 30.7 Å². The third-order valence-corrected chi connectivity index (χ3v) is 5.78. The van der Waals surface area contributed by atoms with Crippen LogP contribution in [-0.2, 0) is 11.3 Å². The molecule has 1 N–H and O–H groups in total. The first-order chi connectivity index (χ1) is 15.7. The molecule has 0 aliphatic carbocycles. The maximum atomic E-state index is 13.2. The van der Waals surface area contributed by atoms with E-state index in [2.05, 4.69) is 39.4 Å². The lowest BCUT2D eigenvalue weighted by Gasteiger charge is -2.29. The van der Waals surface area contributed by atoms with E-state index in [0.29, 0.717) is 42.5 Å². The van der Waals surface area contributed by atoms with Gasteiger partial charge in [0.15, 0.2) is 11.5 Å². The Hall–Kier alpha value is -3.52. The van der Waals surface area contributed by atoms with E-state index in [4.69, 9.17) is 14.2 Å². The van der Waals surface area contributed by atoms with Crippen LogP contribution in [-0.4, -0.2) is 67.6 Å². The molecule has 8 nitrogen and oxygen atoms in total. The summed E-state index contributed by atoms with van der Waals surface area (Å²) in [5.41, 5.74) is 4.28. The van der Waals surface area contributed by atoms with Crippen molar-refractivity contribution in [1.29, 1.82) is 0 Å². The molecule has 0 saturated carbocycles. The second-order valence-electron chi connectivity index (χ2n) is 7.94. The maximum Gasteiger partial charge on any atom is 0.257 e. The summed E-state index contributed by atoms with van der Waals surface area (Å²) in [5, 5.41) is 7.09. The number of carbonyl (C=O) groups excluding carboxylic acids is 1. The van der Waals surface area contributed by atoms with E-state index >= 15 is 0 Å². The van der Waals surface area contributed by atoms with Crippen molar-refractivity contribution in [2.75, 3.05) is 51.5 Å². The highest BCUT2D eigenvalue weighted by molar-refractivity contribution is 5.99. The normalized spacial score (nSPS) is 15.5. The number of rotatable bonds is 5. The van der Waals surface area contributed by atoms with Gasteiger partial charge in [0.25, 0.3) is 5.91 Å². The second kappa shape index (κ2) is 8.92. The van der Waals surface area contributed by atoms with Crippen molar-refractivity contribution in [3.63, 3.8) is 0 Å². The Kier molecular flexibility index (Phi) is 5.68. The molecule has 8 heteroatoms. The molecule has 2 aliphatic heterocycles. The molecule has 0 radical (unpaired) electrons. The summed E-state index contributed by atoms with van der Waals surface area (Å²) in [4.78, 5) is 17.2. The van der Waals surface area contributed by atoms with E-state index < -0.39 is 0 Å². The fourth-order valence-electron chi connectivity index (χ4n) is 4.05. The number of nitrogens with one attached hydrogen (secondary N) is 1. The number of morpholine rings is 1. The Morgan fingerprint density at radius 1 is 1.03 bits per heavy atom. The molecule has 2 aromatic carbocycles. The molecule has 1 fully saturated rings. The molecule has 1 aromatic heterocycles. The quantitative estimate of drug-likeness (QED) is 0.665. The summed E-state index contributed by atoms with van der Waals surface area (Å²) in [7, 11) is 1.80. The largest absolute Gasteiger partial charge is 0.486 e. The number of fused-ring (bicyclic) bond motifs is 1. The van der Waals surface area contributed by atoms with Gasteiger partial charge in [-0.3, -0.25) is 9.89 Å². The highest BCUT2D eigenvalue weighted by atomic mass is 16.6. The number of nitrogens with zero attached hydrogens (tertiary/aromatic N) is 3. The molecule has 0 atom stereocenters. The molecule has 0 bridgehead atoms. The number of amides is 1. The number of ether oxygens (including phenoxy) is 3. The Balaban J connectivity index is 1.29. The van der Waals surface area contributed by atoms with Gasteiger partial charge in [-0.1, -0.05) is 12.1 Å². The monoisotopic (exact) mass is 434 g/mol. The number of anilines is 1. The molecule has 2 aliphatic rings. The predicted octanol–water partition coefficient (Wildman–Crippen LogP) is 2.96. The van der Waals surface area contributed by atoms with Gasteiger partial charge in [-0.05, 0) is 35.9 Å². The lowest BCUT2D eigenvalue weighted by atomic mass is 10.1. The Labute approximate surface area is 186 Å². The summed E-state index contributed by atoms with van der Waals surface area (Å²) < 4.78 is 16.7. The van der Waals surface area contributed by atoms with Crippen molar-refractivity contribution in [1.82, 2.24) is 15.1 Å². The molecule has 1 saturated heterocycles. The molecule has 32 heavy (non-hydrogen) atoms. The van der Waals surface area contributed by atoms with Crippen LogP contribution in [0.15, 0.2) is 48.7 Å². The van der Waals surface area contributed by atoms with Crippen LogP contribution in [0, 0.1) is 0 Å². The third-order valence-electron chi connectivity index (χ3n) is 5.78. The van der Waals surface area contributed by atoms with Gasteiger partial charge in [0, 0.05) is 37.9 Å². The Morgan fingerprint density at radius 2 is 1.78 bits per heavy atom. The highest BCUT2D eigenvalue weighted by Gasteiger charge is 2.21. The lowest BCUT2D eigenvalue weighted by molar-refractivity contribution is 0.0786. The van der Waals surface area contributed by atoms with Crippen LogP contribution in [0.25, 0.3) is 11.3 Å². The van der Waals surface area contributed by atoms with Gasteiger partial charge in [0.2, 0.25) is 0 Å². The van der Waals surface area contributed by atoms with Crippen LogP contribution in [0.1, 0.15) is 15.9 Å². The molecule has 1 amide bonds. The van der Waals surface area contributed by atoms with Crippen molar-refractivity contribution in [2.45, 2.75) is 6.54 Å². The van der Waals surface area contributed by atoms with Gasteiger partial charge in [-0.15, -0.1) is 0 Å². The summed E-state index contributed by atoms with van der Waals surface area (Å²) in [6, 6.07) is 14.0. The van der Waals surface area contributed by atoms with Crippen molar-refractivity contribution in [3.8, 4) is 22.8 Å². The minimum Gasteiger partial charge on any atom is -0.486 e. The molecule has 3 heterocycles. The zero-order valence-electron chi connectivity index (χ0n) is 18.0. The molecular weight excluding hydrogens is 408 g/mol. The SMILES string of the molecule is CN(Cc1ccc(N2CCOCC2)cc1)C(=O)c1cn[nH]c1-c1ccc2c(c1)OCCO2. The van der Waals surface area contributed by atoms with Crippen LogP contribution in [0.5, 0.6) is 11.5 Å². The van der Waals surface area contributed by atoms with Crippen molar-refractivity contribution < 1.29 is 19.0 Å². The van der Waals surface area contributed by atoms with E-state index in [1.807, 2.05) is 18.2 Å². The van der Waals surface area contributed by atoms with Gasteiger partial charge < -0.3 is 24.0 Å². The molecule has 0 spiro atoms. The van der Waals surface area contributed by atoms with Crippen LogP contribution in [0.4, 0.5) is 5.69 Å². The van der Waals surface area contributed by atoms with Gasteiger partial charge >= 0.3 is 0 Å². The molecule has 3 aromatic rings. The first-order valence-corrected chi connectivity index (χ1v) is 10.8. The fourth-order valence-corrected chi connectivity index (χ4v) is 4.05. The van der Waals surface area contributed by atoms with Crippen molar-refractivity contribution in [2.24, 2.45) is 0 Å². The third kappa shape index (κ3) is 4.13. The number of benzene rings is 2. The number of hydrogen-bond acceptors (Lipinski definition) is 6. The van der Waals surface area contributed by atoms with E-state index in [-0.39, 0.29) is 5.91 Å². The van der Waals surface area contributed by atoms with Gasteiger partial charge in [0.1, 0.15) is 13.2 Å². The predicted molar refractivity (Wildman–Crippen MR) is 120 cm³/mol. The second-order valence-corrected chi connectivity index (χ2v) is 7.94. The van der Waals surface area contributed by atoms with Crippen LogP contribution in [0.3, 0.4) is 0 Å².